The SMILES string of the molecule is CN(Cc1cccc(F)c1)c1nccnc1N. The summed E-state index contributed by atoms with van der Waals surface area (Å²) in [6.45, 7) is 0.528. The van der Waals surface area contributed by atoms with E-state index in [1.165, 1.54) is 18.3 Å². The fourth-order valence-corrected chi connectivity index (χ4v) is 1.62. The van der Waals surface area contributed by atoms with Crippen molar-refractivity contribution in [2.24, 2.45) is 0 Å². The van der Waals surface area contributed by atoms with E-state index in [0.717, 1.165) is 5.56 Å². The van der Waals surface area contributed by atoms with Crippen molar-refractivity contribution < 1.29 is 4.39 Å². The van der Waals surface area contributed by atoms with Gasteiger partial charge in [-0.15, -0.1) is 0 Å². The molecule has 0 aliphatic carbocycles. The molecule has 0 saturated carbocycles. The zero-order valence-corrected chi connectivity index (χ0v) is 9.47. The summed E-state index contributed by atoms with van der Waals surface area (Å²) in [5, 5.41) is 0. The van der Waals surface area contributed by atoms with Gasteiger partial charge in [0.05, 0.1) is 0 Å². The highest BCUT2D eigenvalue weighted by Crippen LogP contribution is 2.17. The van der Waals surface area contributed by atoms with Crippen molar-refractivity contribution in [2.75, 3.05) is 17.7 Å². The molecule has 0 amide bonds. The van der Waals surface area contributed by atoms with Crippen molar-refractivity contribution in [1.29, 1.82) is 0 Å². The van der Waals surface area contributed by atoms with Crippen molar-refractivity contribution in [2.45, 2.75) is 6.54 Å². The van der Waals surface area contributed by atoms with E-state index in [1.807, 2.05) is 18.0 Å². The van der Waals surface area contributed by atoms with E-state index in [0.29, 0.717) is 18.2 Å². The second kappa shape index (κ2) is 4.78. The van der Waals surface area contributed by atoms with Crippen LogP contribution in [0.5, 0.6) is 0 Å². The van der Waals surface area contributed by atoms with Gasteiger partial charge in [-0.05, 0) is 17.7 Å². The third-order valence-corrected chi connectivity index (χ3v) is 2.38. The summed E-state index contributed by atoms with van der Waals surface area (Å²) in [7, 11) is 1.84. The Morgan fingerprint density at radius 1 is 1.29 bits per heavy atom. The molecule has 88 valence electrons. The molecule has 4 nitrogen and oxygen atoms in total. The first-order valence-corrected chi connectivity index (χ1v) is 5.19. The summed E-state index contributed by atoms with van der Waals surface area (Å²) >= 11 is 0. The maximum Gasteiger partial charge on any atom is 0.171 e. The molecule has 2 aromatic rings. The van der Waals surface area contributed by atoms with Gasteiger partial charge in [0.15, 0.2) is 11.6 Å². The first kappa shape index (κ1) is 11.3. The van der Waals surface area contributed by atoms with Crippen LogP contribution in [0.1, 0.15) is 5.56 Å². The van der Waals surface area contributed by atoms with E-state index in [-0.39, 0.29) is 5.82 Å². The summed E-state index contributed by atoms with van der Waals surface area (Å²) in [5.41, 5.74) is 6.57. The lowest BCUT2D eigenvalue weighted by Gasteiger charge is -2.18. The first-order chi connectivity index (χ1) is 8.16. The van der Waals surface area contributed by atoms with Gasteiger partial charge in [-0.3, -0.25) is 0 Å². The molecule has 0 aliphatic rings. The predicted octanol–water partition coefficient (Wildman–Crippen LogP) is 1.83. The lowest BCUT2D eigenvalue weighted by atomic mass is 10.2. The zero-order chi connectivity index (χ0) is 12.3. The molecule has 1 aromatic carbocycles. The molecule has 0 radical (unpaired) electrons. The lowest BCUT2D eigenvalue weighted by Crippen LogP contribution is -2.19. The van der Waals surface area contributed by atoms with E-state index >= 15 is 0 Å². The predicted molar refractivity (Wildman–Crippen MR) is 65.0 cm³/mol. The van der Waals surface area contributed by atoms with Gasteiger partial charge in [0, 0.05) is 26.0 Å². The van der Waals surface area contributed by atoms with Gasteiger partial charge in [-0.25, -0.2) is 14.4 Å². The summed E-state index contributed by atoms with van der Waals surface area (Å²) in [5.74, 6) is 0.714. The van der Waals surface area contributed by atoms with Gasteiger partial charge in [0.2, 0.25) is 0 Å². The third kappa shape index (κ3) is 2.69. The summed E-state index contributed by atoms with van der Waals surface area (Å²) < 4.78 is 13.0. The topological polar surface area (TPSA) is 55.0 Å². The smallest absolute Gasteiger partial charge is 0.171 e. The lowest BCUT2D eigenvalue weighted by molar-refractivity contribution is 0.625. The normalized spacial score (nSPS) is 10.2. The van der Waals surface area contributed by atoms with Gasteiger partial charge in [0.1, 0.15) is 5.82 Å². The van der Waals surface area contributed by atoms with Crippen molar-refractivity contribution in [3.05, 3.63) is 48.0 Å². The average molecular weight is 232 g/mol. The summed E-state index contributed by atoms with van der Waals surface area (Å²) in [6, 6.07) is 6.44. The van der Waals surface area contributed by atoms with Gasteiger partial charge in [0.25, 0.3) is 0 Å². The Hall–Kier alpha value is -2.17. The molecule has 2 N–H and O–H groups in total. The van der Waals surface area contributed by atoms with E-state index in [2.05, 4.69) is 9.97 Å². The Morgan fingerprint density at radius 3 is 2.76 bits per heavy atom. The van der Waals surface area contributed by atoms with Crippen LogP contribution in [-0.4, -0.2) is 17.0 Å². The zero-order valence-electron chi connectivity index (χ0n) is 9.47. The molecule has 0 fully saturated rings. The number of halogens is 1. The van der Waals surface area contributed by atoms with Crippen molar-refractivity contribution >= 4 is 11.6 Å². The molecule has 2 rings (SSSR count). The van der Waals surface area contributed by atoms with Crippen LogP contribution in [0.25, 0.3) is 0 Å². The Balaban J connectivity index is 2.17. The summed E-state index contributed by atoms with van der Waals surface area (Å²) in [4.78, 5) is 9.93. The monoisotopic (exact) mass is 232 g/mol. The van der Waals surface area contributed by atoms with Gasteiger partial charge in [-0.2, -0.15) is 0 Å². The van der Waals surface area contributed by atoms with Crippen LogP contribution in [0.3, 0.4) is 0 Å². The van der Waals surface area contributed by atoms with Gasteiger partial charge < -0.3 is 10.6 Å². The first-order valence-electron chi connectivity index (χ1n) is 5.19. The molecule has 0 spiro atoms. The molecule has 0 aliphatic heterocycles. The van der Waals surface area contributed by atoms with Crippen LogP contribution in [0.4, 0.5) is 16.0 Å². The van der Waals surface area contributed by atoms with Crippen LogP contribution in [0, 0.1) is 5.82 Å². The van der Waals surface area contributed by atoms with Crippen LogP contribution < -0.4 is 10.6 Å². The molecular weight excluding hydrogens is 219 g/mol. The second-order valence-corrected chi connectivity index (χ2v) is 3.75. The highest BCUT2D eigenvalue weighted by atomic mass is 19.1. The molecule has 1 heterocycles. The van der Waals surface area contributed by atoms with E-state index in [1.54, 1.807) is 12.3 Å². The molecule has 1 aromatic heterocycles. The number of benzene rings is 1. The van der Waals surface area contributed by atoms with E-state index in [4.69, 9.17) is 5.73 Å². The largest absolute Gasteiger partial charge is 0.381 e. The number of nitrogens with two attached hydrogens (primary N) is 1. The molecule has 0 atom stereocenters. The number of nitrogen functional groups attached to an aromatic ring is 1. The minimum absolute atomic E-state index is 0.247. The Bertz CT molecular complexity index is 515. The molecule has 5 heteroatoms. The highest BCUT2D eigenvalue weighted by Gasteiger charge is 2.08. The minimum atomic E-state index is -0.247. The Kier molecular flexibility index (Phi) is 3.18. The van der Waals surface area contributed by atoms with Gasteiger partial charge in [-0.1, -0.05) is 12.1 Å². The minimum Gasteiger partial charge on any atom is -0.381 e. The summed E-state index contributed by atoms with van der Waals surface area (Å²) in [6.07, 6.45) is 3.11. The molecule has 17 heavy (non-hydrogen) atoms. The fraction of sp³-hybridized carbons (Fsp3) is 0.167. The molecule has 0 unspecified atom stereocenters. The number of hydrogen-bond acceptors (Lipinski definition) is 4. The van der Waals surface area contributed by atoms with Gasteiger partial charge >= 0.3 is 0 Å². The fourth-order valence-electron chi connectivity index (χ4n) is 1.62. The maximum atomic E-state index is 13.0. The van der Waals surface area contributed by atoms with Crippen molar-refractivity contribution in [1.82, 2.24) is 9.97 Å². The van der Waals surface area contributed by atoms with Crippen LogP contribution >= 0.6 is 0 Å². The van der Waals surface area contributed by atoms with Crippen LogP contribution in [0.2, 0.25) is 0 Å². The number of aromatic nitrogens is 2. The number of rotatable bonds is 3. The van der Waals surface area contributed by atoms with E-state index < -0.39 is 0 Å². The number of anilines is 2. The van der Waals surface area contributed by atoms with Crippen molar-refractivity contribution in [3.63, 3.8) is 0 Å². The molecular formula is C12H13FN4. The Labute approximate surface area is 98.9 Å². The highest BCUT2D eigenvalue weighted by molar-refractivity contribution is 5.56. The van der Waals surface area contributed by atoms with E-state index in [9.17, 15) is 4.39 Å². The molecule has 0 saturated heterocycles. The number of hydrogen-bond donors (Lipinski definition) is 1. The van der Waals surface area contributed by atoms with Crippen molar-refractivity contribution in [3.8, 4) is 0 Å². The number of nitrogens with zero attached hydrogens (tertiary/aromatic N) is 3. The second-order valence-electron chi connectivity index (χ2n) is 3.75. The Morgan fingerprint density at radius 2 is 2.06 bits per heavy atom. The van der Waals surface area contributed by atoms with Crippen LogP contribution in [0.15, 0.2) is 36.7 Å². The standard InChI is InChI=1S/C12H13FN4/c1-17(12-11(14)15-5-6-16-12)8-9-3-2-4-10(13)7-9/h2-7H,8H2,1H3,(H2,14,15). The van der Waals surface area contributed by atoms with Crippen LogP contribution in [-0.2, 0) is 6.54 Å². The third-order valence-electron chi connectivity index (χ3n) is 2.38. The quantitative estimate of drug-likeness (QED) is 0.877. The molecule has 0 bridgehead atoms. The maximum absolute atomic E-state index is 13.0. The average Bonchev–Trinajstić information content (AvgIpc) is 2.29.